The third-order valence-electron chi connectivity index (χ3n) is 5.84. The second-order valence-corrected chi connectivity index (χ2v) is 9.13. The van der Waals surface area contributed by atoms with Crippen LogP contribution in [-0.2, 0) is 22.5 Å². The number of anilines is 3. The Balaban J connectivity index is 1.40. The van der Waals surface area contributed by atoms with Crippen molar-refractivity contribution in [3.8, 4) is 11.3 Å². The smallest absolute Gasteiger partial charge is 0.245 e. The highest BCUT2D eigenvalue weighted by Crippen LogP contribution is 2.27. The minimum atomic E-state index is -2.29. The molecule has 0 saturated carbocycles. The van der Waals surface area contributed by atoms with E-state index in [4.69, 9.17) is 9.84 Å². The summed E-state index contributed by atoms with van der Waals surface area (Å²) in [5.74, 6) is 0.472. The molecule has 1 saturated heterocycles. The van der Waals surface area contributed by atoms with Gasteiger partial charge in [-0.05, 0) is 49.0 Å². The summed E-state index contributed by atoms with van der Waals surface area (Å²) in [7, 11) is 1.55. The number of hydrogen-bond donors (Lipinski definition) is 1. The quantitative estimate of drug-likeness (QED) is 0.408. The Bertz CT molecular complexity index is 1300. The Morgan fingerprint density at radius 3 is 2.62 bits per heavy atom. The van der Waals surface area contributed by atoms with Crippen molar-refractivity contribution in [1.29, 1.82) is 0 Å². The summed E-state index contributed by atoms with van der Waals surface area (Å²) in [6.07, 6.45) is 1.77. The van der Waals surface area contributed by atoms with E-state index in [1.54, 1.807) is 13.2 Å². The molecule has 3 heterocycles. The van der Waals surface area contributed by atoms with Crippen molar-refractivity contribution in [2.45, 2.75) is 6.54 Å². The normalized spacial score (nSPS) is 15.1. The molecule has 4 aromatic rings. The van der Waals surface area contributed by atoms with Gasteiger partial charge < -0.3 is 19.5 Å². The Labute approximate surface area is 200 Å². The number of hydrogen-bond acceptors (Lipinski definition) is 7. The van der Waals surface area contributed by atoms with Crippen LogP contribution in [0.3, 0.4) is 0 Å². The zero-order valence-corrected chi connectivity index (χ0v) is 19.6. The molecule has 1 unspecified atom stereocenters. The predicted octanol–water partition coefficient (Wildman–Crippen LogP) is 3.20. The highest BCUT2D eigenvalue weighted by molar-refractivity contribution is 7.76. The van der Waals surface area contributed by atoms with Gasteiger partial charge in [-0.3, -0.25) is 4.21 Å². The first-order chi connectivity index (χ1) is 16.6. The van der Waals surface area contributed by atoms with E-state index in [0.29, 0.717) is 5.95 Å². The predicted molar refractivity (Wildman–Crippen MR) is 132 cm³/mol. The summed E-state index contributed by atoms with van der Waals surface area (Å²) in [5.41, 5.74) is 5.58. The van der Waals surface area contributed by atoms with Crippen molar-refractivity contribution in [1.82, 2.24) is 18.9 Å². The molecule has 10 heteroatoms. The van der Waals surface area contributed by atoms with Crippen LogP contribution >= 0.6 is 0 Å². The van der Waals surface area contributed by atoms with Crippen LogP contribution in [-0.4, -0.2) is 61.0 Å². The molecule has 0 radical (unpaired) electrons. The van der Waals surface area contributed by atoms with Crippen molar-refractivity contribution in [3.05, 3.63) is 72.4 Å². The lowest BCUT2D eigenvalue weighted by molar-refractivity contribution is 0.122. The number of rotatable bonds is 7. The molecular weight excluding hydrogens is 452 g/mol. The van der Waals surface area contributed by atoms with Gasteiger partial charge in [-0.1, -0.05) is 24.3 Å². The van der Waals surface area contributed by atoms with Crippen LogP contribution < -0.4 is 10.2 Å². The minimum absolute atomic E-state index is 0.269. The van der Waals surface area contributed by atoms with Crippen molar-refractivity contribution in [3.63, 3.8) is 0 Å². The topological polar surface area (TPSA) is 98.1 Å². The third kappa shape index (κ3) is 4.80. The molecule has 34 heavy (non-hydrogen) atoms. The molecule has 1 N–H and O–H groups in total. The van der Waals surface area contributed by atoms with Gasteiger partial charge in [0.1, 0.15) is 0 Å². The van der Waals surface area contributed by atoms with Gasteiger partial charge in [-0.25, -0.2) is 13.8 Å². The van der Waals surface area contributed by atoms with E-state index >= 15 is 0 Å². The van der Waals surface area contributed by atoms with E-state index < -0.39 is 11.3 Å². The molecule has 2 aromatic heterocycles. The monoisotopic (exact) mass is 477 g/mol. The Morgan fingerprint density at radius 1 is 1.09 bits per heavy atom. The number of nitrogens with zero attached hydrogens (tertiary/aromatic N) is 5. The first-order valence-corrected chi connectivity index (χ1v) is 12.0. The van der Waals surface area contributed by atoms with Crippen LogP contribution in [0.5, 0.6) is 0 Å². The molecule has 9 nitrogen and oxygen atoms in total. The van der Waals surface area contributed by atoms with E-state index in [9.17, 15) is 8.76 Å². The second kappa shape index (κ2) is 9.90. The van der Waals surface area contributed by atoms with Gasteiger partial charge in [0.05, 0.1) is 30.6 Å². The molecule has 0 amide bonds. The second-order valence-electron chi connectivity index (χ2n) is 8.07. The highest BCUT2D eigenvalue weighted by Gasteiger charge is 2.14. The largest absolute Gasteiger partial charge is 0.760 e. The minimum Gasteiger partial charge on any atom is -0.760 e. The zero-order valence-electron chi connectivity index (χ0n) is 18.8. The lowest BCUT2D eigenvalue weighted by atomic mass is 10.0. The van der Waals surface area contributed by atoms with E-state index in [1.165, 1.54) is 9.99 Å². The van der Waals surface area contributed by atoms with Crippen molar-refractivity contribution < 1.29 is 13.5 Å². The van der Waals surface area contributed by atoms with Gasteiger partial charge in [-0.2, -0.15) is 0 Å². The van der Waals surface area contributed by atoms with Crippen LogP contribution in [0.4, 0.5) is 17.3 Å². The maximum Gasteiger partial charge on any atom is 0.245 e. The summed E-state index contributed by atoms with van der Waals surface area (Å²) in [5, 5.41) is 7.99. The van der Waals surface area contributed by atoms with Gasteiger partial charge in [0.25, 0.3) is 0 Å². The summed E-state index contributed by atoms with van der Waals surface area (Å²) in [6, 6.07) is 19.8. The van der Waals surface area contributed by atoms with Gasteiger partial charge in [0.2, 0.25) is 5.95 Å². The third-order valence-corrected chi connectivity index (χ3v) is 6.48. The van der Waals surface area contributed by atoms with Crippen molar-refractivity contribution in [2.24, 2.45) is 0 Å². The van der Waals surface area contributed by atoms with E-state index in [0.717, 1.165) is 54.3 Å². The number of benzene rings is 2. The molecule has 0 bridgehead atoms. The van der Waals surface area contributed by atoms with Crippen molar-refractivity contribution >= 4 is 34.1 Å². The lowest BCUT2D eigenvalue weighted by Gasteiger charge is -2.28. The number of nitrogens with one attached hydrogen (secondary N) is 1. The lowest BCUT2D eigenvalue weighted by Crippen LogP contribution is -2.36. The molecule has 0 spiro atoms. The first-order valence-electron chi connectivity index (χ1n) is 11.0. The van der Waals surface area contributed by atoms with Crippen LogP contribution in [0.25, 0.3) is 16.8 Å². The molecule has 176 valence electrons. The van der Waals surface area contributed by atoms with Gasteiger partial charge >= 0.3 is 0 Å². The molecule has 1 aliphatic rings. The number of fused-ring (bicyclic) bond motifs is 1. The molecule has 1 fully saturated rings. The fourth-order valence-corrected chi connectivity index (χ4v) is 4.31. The van der Waals surface area contributed by atoms with E-state index in [2.05, 4.69) is 27.3 Å². The number of aromatic nitrogens is 3. The Morgan fingerprint density at radius 2 is 1.85 bits per heavy atom. The maximum absolute atomic E-state index is 11.3. The Hall–Kier alpha value is -3.31. The number of ether oxygens (including phenoxy) is 1. The summed E-state index contributed by atoms with van der Waals surface area (Å²) in [4.78, 5) is 6.76. The SMILES string of the molecule is CN(Cc1ccccc1-c1ccc2cnc(Nc3ccc(N4CCOCC4)cc3)nn12)S(=O)[O-]. The standard InChI is InChI=1S/C24H26N6O3S/c1-28(34(31)32)17-18-4-2-3-5-22(18)23-11-10-21-16-25-24(27-30(21)23)26-19-6-8-20(9-7-19)29-12-14-33-15-13-29/h2-11,16H,12-15,17H2,1H3,(H,26,27)(H,31,32)/p-1. The van der Waals surface area contributed by atoms with Crippen molar-refractivity contribution in [2.75, 3.05) is 43.6 Å². The summed E-state index contributed by atoms with van der Waals surface area (Å²) < 4.78 is 31.2. The molecular formula is C24H25N6O3S-. The van der Waals surface area contributed by atoms with Crippen LogP contribution in [0.2, 0.25) is 0 Å². The molecule has 5 rings (SSSR count). The van der Waals surface area contributed by atoms with Gasteiger partial charge in [-0.15, -0.1) is 5.10 Å². The first kappa shape index (κ1) is 22.5. The van der Waals surface area contributed by atoms with Crippen LogP contribution in [0, 0.1) is 0 Å². The van der Waals surface area contributed by atoms with E-state index in [1.807, 2.05) is 53.0 Å². The van der Waals surface area contributed by atoms with Crippen LogP contribution in [0.1, 0.15) is 5.56 Å². The summed E-state index contributed by atoms with van der Waals surface area (Å²) >= 11 is -2.29. The molecule has 0 aliphatic carbocycles. The van der Waals surface area contributed by atoms with Crippen LogP contribution in [0.15, 0.2) is 66.9 Å². The fourth-order valence-electron chi connectivity index (χ4n) is 4.07. The zero-order chi connectivity index (χ0) is 23.5. The molecule has 1 atom stereocenters. The highest BCUT2D eigenvalue weighted by atomic mass is 32.2. The van der Waals surface area contributed by atoms with Gasteiger partial charge in [0, 0.05) is 47.8 Å². The molecule has 1 aliphatic heterocycles. The van der Waals surface area contributed by atoms with E-state index in [-0.39, 0.29) is 6.54 Å². The average molecular weight is 478 g/mol. The molecule has 2 aromatic carbocycles. The summed E-state index contributed by atoms with van der Waals surface area (Å²) in [6.45, 7) is 3.56. The average Bonchev–Trinajstić information content (AvgIpc) is 3.28. The number of morpholine rings is 1. The fraction of sp³-hybridized carbons (Fsp3) is 0.250. The Kier molecular flexibility index (Phi) is 6.54. The maximum atomic E-state index is 11.3. The van der Waals surface area contributed by atoms with Gasteiger partial charge in [0.15, 0.2) is 0 Å².